The zero-order chi connectivity index (χ0) is 6.97. The normalized spacial score (nSPS) is 12.9. The molecule has 3 heteroatoms. The van der Waals surface area contributed by atoms with Gasteiger partial charge in [0.1, 0.15) is 5.82 Å². The molecule has 0 fully saturated rings. The summed E-state index contributed by atoms with van der Waals surface area (Å²) in [4.78, 5) is 3.88. The second kappa shape index (κ2) is 1.80. The fourth-order valence-electron chi connectivity index (χ4n) is 0.905. The maximum Gasteiger partial charge on any atom is 0.285 e. The Morgan fingerprint density at radius 3 is 3.20 bits per heavy atom. The fraction of sp³-hybridized carbons (Fsp3) is 0. The van der Waals surface area contributed by atoms with Crippen molar-refractivity contribution in [2.45, 2.75) is 0 Å². The van der Waals surface area contributed by atoms with E-state index in [4.69, 9.17) is 0 Å². The first-order valence-electron chi connectivity index (χ1n) is 2.95. The van der Waals surface area contributed by atoms with Crippen LogP contribution >= 0.6 is 0 Å². The van der Waals surface area contributed by atoms with Crippen LogP contribution in [0.5, 0.6) is 0 Å². The van der Waals surface area contributed by atoms with Crippen LogP contribution in [0.15, 0.2) is 18.2 Å². The number of hydrogen-bond acceptors (Lipinski definition) is 2. The van der Waals surface area contributed by atoms with Gasteiger partial charge in [-0.1, -0.05) is 0 Å². The zero-order valence-electron chi connectivity index (χ0n) is 5.13. The molecule has 0 atom stereocenters. The fourth-order valence-corrected chi connectivity index (χ4v) is 0.905. The van der Waals surface area contributed by atoms with E-state index >= 15 is 0 Å². The van der Waals surface area contributed by atoms with Crippen molar-refractivity contribution >= 4 is 17.7 Å². The molecule has 0 spiro atoms. The average molecular weight is 136 g/mol. The molecule has 0 aliphatic carbocycles. The number of anilines is 1. The maximum absolute atomic E-state index is 12.5. The summed E-state index contributed by atoms with van der Waals surface area (Å²) < 4.78 is 12.5. The van der Waals surface area contributed by atoms with Gasteiger partial charge in [0.25, 0.3) is 6.34 Å². The van der Waals surface area contributed by atoms with Gasteiger partial charge in [-0.25, -0.2) is 9.71 Å². The molecule has 1 aliphatic heterocycles. The highest BCUT2D eigenvalue weighted by Gasteiger charge is 2.14. The molecule has 1 heterocycles. The molecule has 1 radical (unpaired) electrons. The minimum absolute atomic E-state index is 0.250. The van der Waals surface area contributed by atoms with Crippen molar-refractivity contribution in [3.63, 3.8) is 0 Å². The monoisotopic (exact) mass is 136 g/mol. The molecular weight excluding hydrogens is 131 g/mol. The van der Waals surface area contributed by atoms with Crippen LogP contribution in [-0.4, -0.2) is 6.34 Å². The quantitative estimate of drug-likeness (QED) is 0.570. The lowest BCUT2D eigenvalue weighted by atomic mass is 10.3. The number of halogens is 1. The number of fused-ring (bicyclic) bond motifs is 1. The molecular formula is C7H5FN2+. The molecule has 1 aromatic rings. The molecule has 0 saturated carbocycles. The Labute approximate surface area is 57.4 Å². The van der Waals surface area contributed by atoms with E-state index in [1.54, 1.807) is 12.4 Å². The number of nitrogens with zero attached hydrogens (tertiary/aromatic N) is 1. The second-order valence-electron chi connectivity index (χ2n) is 2.06. The van der Waals surface area contributed by atoms with E-state index < -0.39 is 0 Å². The second-order valence-corrected chi connectivity index (χ2v) is 2.06. The molecule has 0 bridgehead atoms. The first-order chi connectivity index (χ1) is 4.86. The van der Waals surface area contributed by atoms with Crippen LogP contribution in [0.3, 0.4) is 0 Å². The van der Waals surface area contributed by atoms with Gasteiger partial charge in [-0.3, -0.25) is 0 Å². The predicted molar refractivity (Wildman–Crippen MR) is 37.9 cm³/mol. The number of benzene rings is 1. The van der Waals surface area contributed by atoms with Crippen molar-refractivity contribution in [3.05, 3.63) is 24.0 Å². The minimum Gasteiger partial charge on any atom is -0.240 e. The van der Waals surface area contributed by atoms with Crippen LogP contribution in [-0.2, 0) is 0 Å². The van der Waals surface area contributed by atoms with Gasteiger partial charge in [0.15, 0.2) is 5.69 Å². The summed E-state index contributed by atoms with van der Waals surface area (Å²) in [6.07, 6.45) is 1.55. The van der Waals surface area contributed by atoms with Crippen molar-refractivity contribution in [2.24, 2.45) is 0 Å². The van der Waals surface area contributed by atoms with Crippen LogP contribution in [0.1, 0.15) is 0 Å². The number of aliphatic imine (C=N–C) groups is 1. The summed E-state index contributed by atoms with van der Waals surface area (Å²) in [5, 5.41) is 2.87. The molecule has 1 aliphatic rings. The number of nitrogens with one attached hydrogen (secondary N) is 1. The van der Waals surface area contributed by atoms with E-state index in [0.29, 0.717) is 5.69 Å². The van der Waals surface area contributed by atoms with Gasteiger partial charge in [0.05, 0.1) is 0 Å². The van der Waals surface area contributed by atoms with E-state index in [9.17, 15) is 4.39 Å². The molecule has 2 nitrogen and oxygen atoms in total. The lowest BCUT2D eigenvalue weighted by Crippen LogP contribution is -1.87. The van der Waals surface area contributed by atoms with Crippen molar-refractivity contribution in [3.8, 4) is 0 Å². The molecule has 10 heavy (non-hydrogen) atoms. The average Bonchev–Trinajstić information content (AvgIpc) is 2.33. The number of rotatable bonds is 0. The smallest absolute Gasteiger partial charge is 0.240 e. The van der Waals surface area contributed by atoms with Crippen LogP contribution in [0, 0.1) is 5.82 Å². The molecule has 0 aromatic heterocycles. The van der Waals surface area contributed by atoms with Crippen LogP contribution in [0.25, 0.3) is 0 Å². The van der Waals surface area contributed by atoms with Crippen molar-refractivity contribution in [2.75, 3.05) is 5.32 Å². The van der Waals surface area contributed by atoms with Gasteiger partial charge >= 0.3 is 0 Å². The summed E-state index contributed by atoms with van der Waals surface area (Å²) >= 11 is 0. The molecule has 2 rings (SSSR count). The van der Waals surface area contributed by atoms with E-state index in [1.807, 2.05) is 0 Å². The third kappa shape index (κ3) is 0.673. The van der Waals surface area contributed by atoms with E-state index in [0.717, 1.165) is 5.69 Å². The molecule has 0 amide bonds. The lowest BCUT2D eigenvalue weighted by Gasteiger charge is -1.87. The van der Waals surface area contributed by atoms with Crippen molar-refractivity contribution in [1.82, 2.24) is 4.99 Å². The van der Waals surface area contributed by atoms with Crippen LogP contribution in [0.4, 0.5) is 15.8 Å². The minimum atomic E-state index is -0.250. The van der Waals surface area contributed by atoms with Gasteiger partial charge in [-0.05, 0) is 17.1 Å². The van der Waals surface area contributed by atoms with Crippen molar-refractivity contribution < 1.29 is 4.39 Å². The van der Waals surface area contributed by atoms with E-state index in [-0.39, 0.29) is 5.82 Å². The third-order valence-corrected chi connectivity index (χ3v) is 1.38. The Hall–Kier alpha value is -1.38. The molecule has 0 unspecified atom stereocenters. The summed E-state index contributed by atoms with van der Waals surface area (Å²) in [5.41, 5.74) is 1.53. The summed E-state index contributed by atoms with van der Waals surface area (Å²) in [6.45, 7) is 0. The predicted octanol–water partition coefficient (Wildman–Crippen LogP) is 1.25. The first kappa shape index (κ1) is 5.41. The molecule has 1 N–H and O–H groups in total. The Morgan fingerprint density at radius 1 is 1.40 bits per heavy atom. The highest BCUT2D eigenvalue weighted by atomic mass is 19.1. The molecule has 0 saturated heterocycles. The summed E-state index contributed by atoms with van der Waals surface area (Å²) in [7, 11) is 0. The maximum atomic E-state index is 12.5. The zero-order valence-corrected chi connectivity index (χ0v) is 5.13. The Balaban J connectivity index is 2.60. The van der Waals surface area contributed by atoms with Gasteiger partial charge in [-0.2, -0.15) is 0 Å². The lowest BCUT2D eigenvalue weighted by molar-refractivity contribution is 0.628. The van der Waals surface area contributed by atoms with E-state index in [1.165, 1.54) is 12.1 Å². The third-order valence-electron chi connectivity index (χ3n) is 1.38. The van der Waals surface area contributed by atoms with Gasteiger partial charge in [-0.15, -0.1) is 0 Å². The first-order valence-corrected chi connectivity index (χ1v) is 2.95. The Morgan fingerprint density at radius 2 is 2.30 bits per heavy atom. The van der Waals surface area contributed by atoms with Crippen LogP contribution < -0.4 is 10.3 Å². The Bertz CT molecular complexity index is 294. The van der Waals surface area contributed by atoms with Gasteiger partial charge in [0.2, 0.25) is 5.69 Å². The van der Waals surface area contributed by atoms with E-state index in [2.05, 4.69) is 10.3 Å². The van der Waals surface area contributed by atoms with Crippen LogP contribution in [0.2, 0.25) is 0 Å². The largest absolute Gasteiger partial charge is 0.285 e. The molecule has 1 aromatic carbocycles. The Kier molecular flexibility index (Phi) is 0.974. The molecule has 49 valence electrons. The SMILES string of the molecule is Fc1ccc2c(c1)[N+]=CN2. The number of hydrogen-bond donors (Lipinski definition) is 1. The van der Waals surface area contributed by atoms with Crippen molar-refractivity contribution in [1.29, 1.82) is 0 Å². The van der Waals surface area contributed by atoms with Gasteiger partial charge < -0.3 is 0 Å². The van der Waals surface area contributed by atoms with Gasteiger partial charge in [0, 0.05) is 6.07 Å². The summed E-state index contributed by atoms with van der Waals surface area (Å²) in [5.74, 6) is -0.250. The highest BCUT2D eigenvalue weighted by Crippen LogP contribution is 2.22. The highest BCUT2D eigenvalue weighted by molar-refractivity contribution is 5.88. The standard InChI is InChI=1S/C7H5FN2/c8-5-1-2-6-7(3-5)10-4-9-6/h1-4,9H/q+1. The topological polar surface area (TPSA) is 26.1 Å². The summed E-state index contributed by atoms with van der Waals surface area (Å²) in [6, 6.07) is 4.46.